The number of hydrogen-bond donors (Lipinski definition) is 0. The van der Waals surface area contributed by atoms with E-state index < -0.39 is 5.97 Å². The van der Waals surface area contributed by atoms with Crippen LogP contribution in [0.25, 0.3) is 0 Å². The van der Waals surface area contributed by atoms with Crippen molar-refractivity contribution in [1.82, 2.24) is 9.88 Å². The van der Waals surface area contributed by atoms with E-state index in [4.69, 9.17) is 4.74 Å². The van der Waals surface area contributed by atoms with Gasteiger partial charge in [-0.3, -0.25) is 0 Å². The summed E-state index contributed by atoms with van der Waals surface area (Å²) in [6, 6.07) is 1.86. The topological polar surface area (TPSA) is 51.7 Å². The van der Waals surface area contributed by atoms with Gasteiger partial charge >= 0.3 is 5.97 Å². The normalized spacial score (nSPS) is 12.7. The highest BCUT2D eigenvalue weighted by molar-refractivity contribution is 5.89. The Morgan fingerprint density at radius 1 is 1.30 bits per heavy atom. The summed E-state index contributed by atoms with van der Waals surface area (Å²) in [6.45, 7) is 11.1. The van der Waals surface area contributed by atoms with Crippen molar-refractivity contribution < 1.29 is 14.3 Å². The molecule has 1 aromatic heterocycles. The van der Waals surface area contributed by atoms with E-state index in [1.165, 1.54) is 26.7 Å². The van der Waals surface area contributed by atoms with E-state index in [9.17, 15) is 4.79 Å². The average molecular weight is 280 g/mol. The highest BCUT2D eigenvalue weighted by atomic mass is 16.5. The molecule has 0 aliphatic carbocycles. The Morgan fingerprint density at radius 3 is 2.45 bits per heavy atom. The summed E-state index contributed by atoms with van der Waals surface area (Å²) in [4.78, 5) is 17.6. The molecular weight excluding hydrogens is 256 g/mol. The number of nitrogens with zero attached hydrogens (tertiary/aromatic N) is 2. The molecule has 0 fully saturated rings. The predicted octanol–water partition coefficient (Wildman–Crippen LogP) is 2.25. The molecule has 5 nitrogen and oxygen atoms in total. The van der Waals surface area contributed by atoms with E-state index in [-0.39, 0.29) is 0 Å². The maximum atomic E-state index is 11.2. The van der Waals surface area contributed by atoms with Gasteiger partial charge in [0.1, 0.15) is 0 Å². The lowest BCUT2D eigenvalue weighted by Crippen LogP contribution is -2.21. The smallest absolute Gasteiger partial charge is 0.357 e. The molecule has 112 valence electrons. The molecular formula is C15H24N2O3. The van der Waals surface area contributed by atoms with Crippen LogP contribution in [-0.2, 0) is 22.7 Å². The molecule has 0 aromatic carbocycles. The number of esters is 1. The minimum atomic E-state index is -0.401. The molecule has 1 aliphatic rings. The summed E-state index contributed by atoms with van der Waals surface area (Å²) in [5, 5.41) is 0. The molecule has 2 heterocycles. The number of methoxy groups -OCH3 is 1. The number of pyridine rings is 1. The van der Waals surface area contributed by atoms with Gasteiger partial charge in [-0.1, -0.05) is 20.8 Å². The monoisotopic (exact) mass is 280 g/mol. The fraction of sp³-hybridized carbons (Fsp3) is 0.600. The highest BCUT2D eigenvalue weighted by Gasteiger charge is 2.20. The minimum absolute atomic E-state index is 0.373. The highest BCUT2D eigenvalue weighted by Crippen LogP contribution is 2.21. The van der Waals surface area contributed by atoms with Crippen molar-refractivity contribution >= 4 is 5.97 Å². The third-order valence-electron chi connectivity index (χ3n) is 3.38. The van der Waals surface area contributed by atoms with Crippen molar-refractivity contribution in [3.05, 3.63) is 29.1 Å². The maximum Gasteiger partial charge on any atom is 0.357 e. The Kier molecular flexibility index (Phi) is 7.18. The number of hydrogen-bond acceptors (Lipinski definition) is 5. The lowest BCUT2D eigenvalue weighted by molar-refractivity contribution is 0.0589. The molecule has 0 radical (unpaired) electrons. The molecule has 0 amide bonds. The second kappa shape index (κ2) is 8.66. The molecule has 0 unspecified atom stereocenters. The second-order valence-corrected chi connectivity index (χ2v) is 4.40. The van der Waals surface area contributed by atoms with Crippen LogP contribution in [0.5, 0.6) is 0 Å². The van der Waals surface area contributed by atoms with Gasteiger partial charge in [0.05, 0.1) is 20.3 Å². The molecule has 0 bridgehead atoms. The summed E-state index contributed by atoms with van der Waals surface area (Å²) < 4.78 is 9.81. The third-order valence-corrected chi connectivity index (χ3v) is 3.38. The van der Waals surface area contributed by atoms with E-state index in [0.717, 1.165) is 11.1 Å². The van der Waals surface area contributed by atoms with Gasteiger partial charge in [0, 0.05) is 11.8 Å². The Morgan fingerprint density at radius 2 is 1.95 bits per heavy atom. The van der Waals surface area contributed by atoms with Crippen LogP contribution >= 0.6 is 0 Å². The van der Waals surface area contributed by atoms with Crippen molar-refractivity contribution in [2.45, 2.75) is 34.0 Å². The molecule has 2 rings (SSSR count). The van der Waals surface area contributed by atoms with Crippen LogP contribution in [0, 0.1) is 0 Å². The fourth-order valence-corrected chi connectivity index (χ4v) is 2.04. The standard InChI is InChI=1S/C9H9NO3.C6H15N/c1-12-9(11)8-7-5-13-4-6(7)2-3-10-8;1-4-7(5-2)6-3/h2-3H,4-5H2,1H3;4-6H2,1-3H3. The van der Waals surface area contributed by atoms with Gasteiger partial charge in [-0.2, -0.15) is 0 Å². The van der Waals surface area contributed by atoms with Gasteiger partial charge in [-0.25, -0.2) is 9.78 Å². The molecule has 1 aromatic rings. The van der Waals surface area contributed by atoms with Gasteiger partial charge < -0.3 is 14.4 Å². The molecule has 0 atom stereocenters. The van der Waals surface area contributed by atoms with Crippen LogP contribution < -0.4 is 0 Å². The minimum Gasteiger partial charge on any atom is -0.464 e. The van der Waals surface area contributed by atoms with E-state index in [1.807, 2.05) is 6.07 Å². The van der Waals surface area contributed by atoms with Gasteiger partial charge in [0.25, 0.3) is 0 Å². The van der Waals surface area contributed by atoms with E-state index in [2.05, 4.69) is 35.4 Å². The zero-order valence-corrected chi connectivity index (χ0v) is 12.8. The number of aromatic nitrogens is 1. The lowest BCUT2D eigenvalue weighted by Gasteiger charge is -2.13. The van der Waals surface area contributed by atoms with Gasteiger partial charge in [-0.05, 0) is 31.3 Å². The van der Waals surface area contributed by atoms with Gasteiger partial charge in [0.2, 0.25) is 0 Å². The summed E-state index contributed by atoms with van der Waals surface area (Å²) in [7, 11) is 1.35. The Hall–Kier alpha value is -1.46. The van der Waals surface area contributed by atoms with E-state index in [1.54, 1.807) is 6.20 Å². The van der Waals surface area contributed by atoms with Crippen LogP contribution in [-0.4, -0.2) is 42.6 Å². The van der Waals surface area contributed by atoms with Crippen LogP contribution in [0.2, 0.25) is 0 Å². The van der Waals surface area contributed by atoms with Crippen molar-refractivity contribution in [3.8, 4) is 0 Å². The van der Waals surface area contributed by atoms with Gasteiger partial charge in [-0.15, -0.1) is 0 Å². The first-order valence-electron chi connectivity index (χ1n) is 7.02. The summed E-state index contributed by atoms with van der Waals surface area (Å²) >= 11 is 0. The van der Waals surface area contributed by atoms with Crippen LogP contribution in [0.15, 0.2) is 12.3 Å². The largest absolute Gasteiger partial charge is 0.464 e. The number of rotatable bonds is 4. The first kappa shape index (κ1) is 16.6. The first-order chi connectivity index (χ1) is 9.67. The third kappa shape index (κ3) is 4.28. The Labute approximate surface area is 120 Å². The predicted molar refractivity (Wildman–Crippen MR) is 77.5 cm³/mol. The number of carbonyl (C=O) groups is 1. The van der Waals surface area contributed by atoms with Crippen molar-refractivity contribution in [1.29, 1.82) is 0 Å². The quantitative estimate of drug-likeness (QED) is 0.792. The van der Waals surface area contributed by atoms with Crippen molar-refractivity contribution in [2.75, 3.05) is 26.7 Å². The van der Waals surface area contributed by atoms with Crippen molar-refractivity contribution in [2.24, 2.45) is 0 Å². The Balaban J connectivity index is 0.000000246. The first-order valence-corrected chi connectivity index (χ1v) is 7.02. The zero-order chi connectivity index (χ0) is 15.0. The number of fused-ring (bicyclic) bond motifs is 1. The number of carbonyl (C=O) groups excluding carboxylic acids is 1. The number of ether oxygens (including phenoxy) is 2. The second-order valence-electron chi connectivity index (χ2n) is 4.40. The molecule has 5 heteroatoms. The Bertz CT molecular complexity index is 426. The van der Waals surface area contributed by atoms with Crippen LogP contribution in [0.1, 0.15) is 42.4 Å². The molecule has 0 N–H and O–H groups in total. The van der Waals surface area contributed by atoms with Crippen LogP contribution in [0.4, 0.5) is 0 Å². The van der Waals surface area contributed by atoms with Crippen molar-refractivity contribution in [3.63, 3.8) is 0 Å². The SMILES string of the molecule is CCN(CC)CC.COC(=O)c1nccc2c1COC2. The van der Waals surface area contributed by atoms with Crippen LogP contribution in [0.3, 0.4) is 0 Å². The molecule has 1 aliphatic heterocycles. The zero-order valence-electron chi connectivity index (χ0n) is 12.8. The van der Waals surface area contributed by atoms with E-state index >= 15 is 0 Å². The van der Waals surface area contributed by atoms with E-state index in [0.29, 0.717) is 18.9 Å². The van der Waals surface area contributed by atoms with Gasteiger partial charge in [0.15, 0.2) is 5.69 Å². The molecule has 20 heavy (non-hydrogen) atoms. The molecule has 0 saturated carbocycles. The molecule has 0 spiro atoms. The average Bonchev–Trinajstić information content (AvgIpc) is 2.97. The molecule has 0 saturated heterocycles. The lowest BCUT2D eigenvalue weighted by atomic mass is 10.1. The summed E-state index contributed by atoms with van der Waals surface area (Å²) in [6.07, 6.45) is 1.60. The fourth-order valence-electron chi connectivity index (χ4n) is 2.04. The maximum absolute atomic E-state index is 11.2. The summed E-state index contributed by atoms with van der Waals surface area (Å²) in [5.74, 6) is -0.401. The summed E-state index contributed by atoms with van der Waals surface area (Å²) in [5.41, 5.74) is 2.25.